The third kappa shape index (κ3) is 0.956. The molecule has 2 heterocycles. The van der Waals surface area contributed by atoms with Gasteiger partial charge in [0, 0.05) is 5.54 Å². The van der Waals surface area contributed by atoms with E-state index in [0.717, 1.165) is 5.92 Å². The number of fused-ring (bicyclic) bond motifs is 1. The van der Waals surface area contributed by atoms with Gasteiger partial charge in [0.05, 0.1) is 0 Å². The predicted octanol–water partition coefficient (Wildman–Crippen LogP) is 1.12. The second kappa shape index (κ2) is 1.74. The largest absolute Gasteiger partial charge is 0.353 e. The zero-order valence-electron chi connectivity index (χ0n) is 6.85. The van der Waals surface area contributed by atoms with Crippen LogP contribution in [-0.4, -0.2) is 17.9 Å². The van der Waals surface area contributed by atoms with Crippen molar-refractivity contribution >= 4 is 0 Å². The highest BCUT2D eigenvalue weighted by Crippen LogP contribution is 2.38. The lowest BCUT2D eigenvalue weighted by molar-refractivity contribution is 0.259. The van der Waals surface area contributed by atoms with Gasteiger partial charge in [-0.05, 0) is 26.2 Å². The van der Waals surface area contributed by atoms with Crippen LogP contribution in [0, 0.1) is 5.92 Å². The number of nitrogens with one attached hydrogen (secondary N) is 1. The molecule has 0 aromatic heterocycles. The van der Waals surface area contributed by atoms with Crippen LogP contribution in [0.3, 0.4) is 0 Å². The van der Waals surface area contributed by atoms with Crippen molar-refractivity contribution in [3.05, 3.63) is 0 Å². The van der Waals surface area contributed by atoms with Gasteiger partial charge >= 0.3 is 0 Å². The normalized spacial score (nSPS) is 50.1. The zero-order chi connectivity index (χ0) is 7.35. The van der Waals surface area contributed by atoms with E-state index in [1.54, 1.807) is 0 Å². The first-order valence-electron chi connectivity index (χ1n) is 4.02. The van der Waals surface area contributed by atoms with Gasteiger partial charge < -0.3 is 4.74 Å². The molecular formula is C8H15NO. The van der Waals surface area contributed by atoms with Gasteiger partial charge in [0.15, 0.2) is 0 Å². The molecule has 0 aromatic rings. The van der Waals surface area contributed by atoms with E-state index in [0.29, 0.717) is 12.3 Å². The molecule has 0 spiro atoms. The number of ether oxygens (including phenoxy) is 1. The lowest BCUT2D eigenvalue weighted by atomic mass is 9.86. The van der Waals surface area contributed by atoms with Crippen molar-refractivity contribution in [2.45, 2.75) is 45.1 Å². The predicted molar refractivity (Wildman–Crippen MR) is 39.7 cm³/mol. The number of piperidine rings is 1. The van der Waals surface area contributed by atoms with Crippen molar-refractivity contribution in [1.82, 2.24) is 5.32 Å². The molecule has 2 heteroatoms. The van der Waals surface area contributed by atoms with E-state index in [1.807, 2.05) is 0 Å². The molecule has 2 nitrogen and oxygen atoms in total. The Morgan fingerprint density at radius 1 is 1.50 bits per heavy atom. The first-order valence-corrected chi connectivity index (χ1v) is 4.02. The van der Waals surface area contributed by atoms with Crippen molar-refractivity contribution in [2.24, 2.45) is 5.92 Å². The summed E-state index contributed by atoms with van der Waals surface area (Å²) in [5, 5.41) is 3.44. The highest BCUT2D eigenvalue weighted by atomic mass is 16.6. The molecule has 0 aliphatic carbocycles. The monoisotopic (exact) mass is 141 g/mol. The van der Waals surface area contributed by atoms with Crippen LogP contribution in [0.4, 0.5) is 0 Å². The second-order valence-corrected chi connectivity index (χ2v) is 4.23. The van der Waals surface area contributed by atoms with E-state index in [4.69, 9.17) is 4.74 Å². The Labute approximate surface area is 61.9 Å². The summed E-state index contributed by atoms with van der Waals surface area (Å²) in [4.78, 5) is 0. The fourth-order valence-corrected chi connectivity index (χ4v) is 2.04. The van der Waals surface area contributed by atoms with Crippen LogP contribution in [0.1, 0.15) is 27.2 Å². The lowest BCUT2D eigenvalue weighted by Gasteiger charge is -2.31. The van der Waals surface area contributed by atoms with Crippen molar-refractivity contribution in [3.63, 3.8) is 0 Å². The van der Waals surface area contributed by atoms with Crippen LogP contribution in [0.15, 0.2) is 0 Å². The average Bonchev–Trinajstić information content (AvgIpc) is 2.40. The summed E-state index contributed by atoms with van der Waals surface area (Å²) in [7, 11) is 0. The maximum absolute atomic E-state index is 5.41. The van der Waals surface area contributed by atoms with Crippen molar-refractivity contribution in [2.75, 3.05) is 0 Å². The topological polar surface area (TPSA) is 24.6 Å². The Bertz CT molecular complexity index is 155. The average molecular weight is 141 g/mol. The van der Waals surface area contributed by atoms with Crippen LogP contribution in [0.5, 0.6) is 0 Å². The number of epoxide rings is 1. The Balaban J connectivity index is 2.06. The van der Waals surface area contributed by atoms with Gasteiger partial charge in [0.2, 0.25) is 0 Å². The maximum Gasteiger partial charge on any atom is 0.135 e. The number of hydrogen-bond donors (Lipinski definition) is 1. The fourth-order valence-electron chi connectivity index (χ4n) is 2.04. The quantitative estimate of drug-likeness (QED) is 0.511. The van der Waals surface area contributed by atoms with E-state index in [-0.39, 0.29) is 5.54 Å². The highest BCUT2D eigenvalue weighted by Gasteiger charge is 2.50. The van der Waals surface area contributed by atoms with Crippen LogP contribution in [0.2, 0.25) is 0 Å². The fraction of sp³-hybridized carbons (Fsp3) is 1.00. The van der Waals surface area contributed by atoms with E-state index < -0.39 is 0 Å². The Kier molecular flexibility index (Phi) is 1.15. The summed E-state index contributed by atoms with van der Waals surface area (Å²) < 4.78 is 5.41. The van der Waals surface area contributed by atoms with E-state index in [9.17, 15) is 0 Å². The number of hydrogen-bond acceptors (Lipinski definition) is 2. The summed E-state index contributed by atoms with van der Waals surface area (Å²) in [5.41, 5.74) is 0.289. The molecule has 2 unspecified atom stereocenters. The summed E-state index contributed by atoms with van der Waals surface area (Å²) >= 11 is 0. The molecule has 0 amide bonds. The SMILES string of the molecule is C[C@H]1CC(C)(C)NC2OC21. The third-order valence-electron chi connectivity index (χ3n) is 2.45. The molecule has 58 valence electrons. The number of rotatable bonds is 0. The summed E-state index contributed by atoms with van der Waals surface area (Å²) in [5.74, 6) is 0.737. The van der Waals surface area contributed by atoms with Crippen molar-refractivity contribution in [3.8, 4) is 0 Å². The van der Waals surface area contributed by atoms with Gasteiger partial charge in [-0.1, -0.05) is 6.92 Å². The lowest BCUT2D eigenvalue weighted by Crippen LogP contribution is -2.48. The van der Waals surface area contributed by atoms with Crippen LogP contribution < -0.4 is 5.32 Å². The first kappa shape index (κ1) is 6.62. The standard InChI is InChI=1S/C8H15NO/c1-5-4-8(2,3)9-7-6(5)10-7/h5-7,9H,4H2,1-3H3/t5-,6?,7?/m0/s1. The molecule has 3 atom stereocenters. The van der Waals surface area contributed by atoms with E-state index in [1.165, 1.54) is 6.42 Å². The summed E-state index contributed by atoms with van der Waals surface area (Å²) in [6, 6.07) is 0. The molecule has 2 fully saturated rings. The Morgan fingerprint density at radius 3 is 2.80 bits per heavy atom. The van der Waals surface area contributed by atoms with Gasteiger partial charge in [-0.3, -0.25) is 5.32 Å². The van der Waals surface area contributed by atoms with Gasteiger partial charge in [-0.2, -0.15) is 0 Å². The molecule has 0 saturated carbocycles. The first-order chi connectivity index (χ1) is 4.58. The minimum absolute atomic E-state index is 0.289. The van der Waals surface area contributed by atoms with E-state index >= 15 is 0 Å². The third-order valence-corrected chi connectivity index (χ3v) is 2.45. The van der Waals surface area contributed by atoms with Crippen LogP contribution in [-0.2, 0) is 4.74 Å². The molecule has 2 saturated heterocycles. The molecule has 2 rings (SSSR count). The summed E-state index contributed by atoms with van der Waals surface area (Å²) in [6.07, 6.45) is 2.13. The van der Waals surface area contributed by atoms with Gasteiger partial charge in [-0.25, -0.2) is 0 Å². The zero-order valence-corrected chi connectivity index (χ0v) is 6.85. The second-order valence-electron chi connectivity index (χ2n) is 4.23. The summed E-state index contributed by atoms with van der Waals surface area (Å²) in [6.45, 7) is 6.75. The van der Waals surface area contributed by atoms with Gasteiger partial charge in [-0.15, -0.1) is 0 Å². The molecule has 0 radical (unpaired) electrons. The molecule has 2 aliphatic heterocycles. The maximum atomic E-state index is 5.41. The molecule has 2 aliphatic rings. The smallest absolute Gasteiger partial charge is 0.135 e. The Hall–Kier alpha value is -0.0800. The van der Waals surface area contributed by atoms with Crippen LogP contribution >= 0.6 is 0 Å². The van der Waals surface area contributed by atoms with E-state index in [2.05, 4.69) is 26.1 Å². The van der Waals surface area contributed by atoms with Crippen molar-refractivity contribution < 1.29 is 4.74 Å². The van der Waals surface area contributed by atoms with Crippen LogP contribution in [0.25, 0.3) is 0 Å². The molecule has 0 bridgehead atoms. The Morgan fingerprint density at radius 2 is 2.20 bits per heavy atom. The van der Waals surface area contributed by atoms with Gasteiger partial charge in [0.1, 0.15) is 12.3 Å². The van der Waals surface area contributed by atoms with Gasteiger partial charge in [0.25, 0.3) is 0 Å². The molecule has 10 heavy (non-hydrogen) atoms. The molecular weight excluding hydrogens is 126 g/mol. The molecule has 0 aromatic carbocycles. The minimum Gasteiger partial charge on any atom is -0.353 e. The highest BCUT2D eigenvalue weighted by molar-refractivity contribution is 4.99. The molecule has 1 N–H and O–H groups in total. The van der Waals surface area contributed by atoms with Crippen molar-refractivity contribution in [1.29, 1.82) is 0 Å². The minimum atomic E-state index is 0.289.